The summed E-state index contributed by atoms with van der Waals surface area (Å²) in [6.45, 7) is 1.64. The van der Waals surface area contributed by atoms with Crippen molar-refractivity contribution in [2.45, 2.75) is 25.8 Å². The van der Waals surface area contributed by atoms with Gasteiger partial charge in [0.25, 0.3) is 5.91 Å². The number of carboxylic acid groups (broad SMARTS) is 1. The van der Waals surface area contributed by atoms with Crippen LogP contribution in [0.2, 0.25) is 0 Å². The molecule has 1 heterocycles. The molecule has 0 fully saturated rings. The largest absolute Gasteiger partial charge is 0.481 e. The minimum Gasteiger partial charge on any atom is -0.481 e. The maximum absolute atomic E-state index is 11.6. The van der Waals surface area contributed by atoms with E-state index in [9.17, 15) is 19.7 Å². The Morgan fingerprint density at radius 2 is 2.22 bits per heavy atom. The van der Waals surface area contributed by atoms with E-state index in [1.807, 2.05) is 0 Å². The molecule has 18 heavy (non-hydrogen) atoms. The quantitative estimate of drug-likeness (QED) is 0.581. The second-order valence-corrected chi connectivity index (χ2v) is 3.70. The number of hydrogen-bond acceptors (Lipinski definition) is 5. The fraction of sp³-hybridized carbons (Fsp3) is 0.400. The number of furan rings is 1. The number of rotatable bonds is 6. The second-order valence-electron chi connectivity index (χ2n) is 3.70. The summed E-state index contributed by atoms with van der Waals surface area (Å²) in [5.74, 6) is -2.26. The van der Waals surface area contributed by atoms with Gasteiger partial charge in [-0.15, -0.1) is 0 Å². The number of hydrogen-bond donors (Lipinski definition) is 2. The van der Waals surface area contributed by atoms with E-state index in [-0.39, 0.29) is 24.6 Å². The molecule has 0 radical (unpaired) electrons. The third-order valence-electron chi connectivity index (χ3n) is 2.16. The van der Waals surface area contributed by atoms with Crippen LogP contribution in [0.25, 0.3) is 0 Å². The average molecular weight is 256 g/mol. The lowest BCUT2D eigenvalue weighted by atomic mass is 10.2. The van der Waals surface area contributed by atoms with E-state index < -0.39 is 22.7 Å². The number of carbonyl (C=O) groups is 2. The van der Waals surface area contributed by atoms with Crippen LogP contribution >= 0.6 is 0 Å². The summed E-state index contributed by atoms with van der Waals surface area (Å²) in [7, 11) is 0. The van der Waals surface area contributed by atoms with E-state index >= 15 is 0 Å². The zero-order chi connectivity index (χ0) is 13.7. The van der Waals surface area contributed by atoms with Gasteiger partial charge in [-0.3, -0.25) is 19.7 Å². The van der Waals surface area contributed by atoms with Crippen LogP contribution in [0.4, 0.5) is 5.88 Å². The summed E-state index contributed by atoms with van der Waals surface area (Å²) in [5, 5.41) is 21.3. The van der Waals surface area contributed by atoms with Gasteiger partial charge in [0, 0.05) is 12.5 Å². The van der Waals surface area contributed by atoms with Crippen LogP contribution in [0.3, 0.4) is 0 Å². The van der Waals surface area contributed by atoms with Crippen LogP contribution in [0.1, 0.15) is 30.3 Å². The highest BCUT2D eigenvalue weighted by molar-refractivity contribution is 5.91. The first-order chi connectivity index (χ1) is 8.40. The molecule has 1 atom stereocenters. The van der Waals surface area contributed by atoms with Gasteiger partial charge in [-0.05, 0) is 19.4 Å². The fourth-order valence-corrected chi connectivity index (χ4v) is 1.25. The van der Waals surface area contributed by atoms with E-state index in [1.165, 1.54) is 6.07 Å². The second kappa shape index (κ2) is 5.80. The Balaban J connectivity index is 2.53. The lowest BCUT2D eigenvalue weighted by Crippen LogP contribution is -2.32. The molecule has 0 spiro atoms. The Morgan fingerprint density at radius 3 is 2.72 bits per heavy atom. The normalized spacial score (nSPS) is 11.8. The number of amides is 1. The molecule has 0 saturated heterocycles. The standard InChI is InChI=1S/C10H12N2O6/c1-6(2-5-9(13)14)11-10(15)7-3-4-8(18-7)12(16)17/h3-4,6H,2,5H2,1H3,(H,11,15)(H,13,14). The fourth-order valence-electron chi connectivity index (χ4n) is 1.25. The number of nitro groups is 1. The molecule has 0 bridgehead atoms. The molecule has 8 nitrogen and oxygen atoms in total. The molecular weight excluding hydrogens is 244 g/mol. The molecule has 0 aliphatic carbocycles. The number of carbonyl (C=O) groups excluding carboxylic acids is 1. The summed E-state index contributed by atoms with van der Waals surface area (Å²) in [6, 6.07) is 1.91. The van der Waals surface area contributed by atoms with Gasteiger partial charge in [0.2, 0.25) is 0 Å². The van der Waals surface area contributed by atoms with Crippen molar-refractivity contribution in [2.24, 2.45) is 0 Å². The van der Waals surface area contributed by atoms with Crippen LogP contribution in [0.5, 0.6) is 0 Å². The first kappa shape index (κ1) is 13.7. The van der Waals surface area contributed by atoms with Gasteiger partial charge < -0.3 is 14.8 Å². The number of carboxylic acids is 1. The van der Waals surface area contributed by atoms with Crippen LogP contribution in [0.15, 0.2) is 16.5 Å². The molecule has 1 unspecified atom stereocenters. The number of nitrogens with zero attached hydrogens (tertiary/aromatic N) is 1. The molecular formula is C10H12N2O6. The molecule has 1 aromatic heterocycles. The molecule has 1 amide bonds. The van der Waals surface area contributed by atoms with Crippen molar-refractivity contribution in [3.05, 3.63) is 28.0 Å². The third kappa shape index (κ3) is 3.89. The Morgan fingerprint density at radius 1 is 1.56 bits per heavy atom. The van der Waals surface area contributed by atoms with Gasteiger partial charge >= 0.3 is 11.9 Å². The summed E-state index contributed by atoms with van der Waals surface area (Å²) >= 11 is 0. The highest BCUT2D eigenvalue weighted by Crippen LogP contribution is 2.15. The predicted molar refractivity (Wildman–Crippen MR) is 59.2 cm³/mol. The van der Waals surface area contributed by atoms with Crippen molar-refractivity contribution < 1.29 is 24.0 Å². The van der Waals surface area contributed by atoms with Gasteiger partial charge in [0.1, 0.15) is 4.92 Å². The van der Waals surface area contributed by atoms with Crippen molar-refractivity contribution in [1.82, 2.24) is 5.32 Å². The zero-order valence-corrected chi connectivity index (χ0v) is 9.58. The van der Waals surface area contributed by atoms with Crippen molar-refractivity contribution >= 4 is 17.8 Å². The van der Waals surface area contributed by atoms with E-state index in [2.05, 4.69) is 5.32 Å². The average Bonchev–Trinajstić information content (AvgIpc) is 2.75. The molecule has 2 N–H and O–H groups in total. The highest BCUT2D eigenvalue weighted by Gasteiger charge is 2.18. The first-order valence-corrected chi connectivity index (χ1v) is 5.17. The smallest absolute Gasteiger partial charge is 0.433 e. The molecule has 1 rings (SSSR count). The van der Waals surface area contributed by atoms with E-state index in [1.54, 1.807) is 6.92 Å². The van der Waals surface area contributed by atoms with Crippen molar-refractivity contribution in [3.8, 4) is 0 Å². The van der Waals surface area contributed by atoms with Gasteiger partial charge in [0.15, 0.2) is 5.76 Å². The lowest BCUT2D eigenvalue weighted by molar-refractivity contribution is -0.402. The Bertz CT molecular complexity index is 467. The molecule has 0 aliphatic heterocycles. The Hall–Kier alpha value is -2.38. The van der Waals surface area contributed by atoms with E-state index in [4.69, 9.17) is 9.52 Å². The first-order valence-electron chi connectivity index (χ1n) is 5.17. The predicted octanol–water partition coefficient (Wildman–Crippen LogP) is 1.17. The molecule has 1 aromatic rings. The minimum absolute atomic E-state index is 0.0697. The summed E-state index contributed by atoms with van der Waals surface area (Å²) in [6.07, 6.45) is 0.198. The minimum atomic E-state index is -0.954. The number of aliphatic carboxylic acids is 1. The van der Waals surface area contributed by atoms with Crippen molar-refractivity contribution in [2.75, 3.05) is 0 Å². The lowest BCUT2D eigenvalue weighted by Gasteiger charge is -2.10. The van der Waals surface area contributed by atoms with E-state index in [0.717, 1.165) is 6.07 Å². The van der Waals surface area contributed by atoms with Gasteiger partial charge in [-0.25, -0.2) is 0 Å². The van der Waals surface area contributed by atoms with Crippen molar-refractivity contribution in [1.29, 1.82) is 0 Å². The van der Waals surface area contributed by atoms with E-state index in [0.29, 0.717) is 0 Å². The van der Waals surface area contributed by atoms with Crippen LogP contribution < -0.4 is 5.32 Å². The molecule has 0 saturated carbocycles. The summed E-state index contributed by atoms with van der Waals surface area (Å²) in [4.78, 5) is 31.5. The number of nitrogens with one attached hydrogen (secondary N) is 1. The molecule has 8 heteroatoms. The molecule has 98 valence electrons. The zero-order valence-electron chi connectivity index (χ0n) is 9.58. The maximum atomic E-state index is 11.6. The third-order valence-corrected chi connectivity index (χ3v) is 2.16. The van der Waals surface area contributed by atoms with Gasteiger partial charge in [-0.1, -0.05) is 0 Å². The summed E-state index contributed by atoms with van der Waals surface area (Å²) < 4.78 is 4.71. The van der Waals surface area contributed by atoms with Crippen LogP contribution in [-0.4, -0.2) is 27.9 Å². The van der Waals surface area contributed by atoms with Crippen LogP contribution in [-0.2, 0) is 4.79 Å². The maximum Gasteiger partial charge on any atom is 0.433 e. The Labute approximate surface area is 102 Å². The monoisotopic (exact) mass is 256 g/mol. The van der Waals surface area contributed by atoms with Gasteiger partial charge in [0.05, 0.1) is 6.07 Å². The summed E-state index contributed by atoms with van der Waals surface area (Å²) in [5.41, 5.74) is 0. The Kier molecular flexibility index (Phi) is 4.41. The topological polar surface area (TPSA) is 123 Å². The van der Waals surface area contributed by atoms with Gasteiger partial charge in [-0.2, -0.15) is 0 Å². The SMILES string of the molecule is CC(CCC(=O)O)NC(=O)c1ccc([N+](=O)[O-])o1. The molecule has 0 aliphatic rings. The van der Waals surface area contributed by atoms with Crippen molar-refractivity contribution in [3.63, 3.8) is 0 Å². The van der Waals surface area contributed by atoms with Crippen LogP contribution in [0, 0.1) is 10.1 Å². The highest BCUT2D eigenvalue weighted by atomic mass is 16.6. The molecule has 0 aromatic carbocycles.